The molecule has 0 radical (unpaired) electrons. The van der Waals surface area contributed by atoms with Crippen molar-refractivity contribution in [3.63, 3.8) is 0 Å². The minimum Gasteiger partial charge on any atom is -0.493 e. The van der Waals surface area contributed by atoms with Gasteiger partial charge in [-0.1, -0.05) is 30.3 Å². The summed E-state index contributed by atoms with van der Waals surface area (Å²) in [5.74, 6) is 1.08. The lowest BCUT2D eigenvalue weighted by Crippen LogP contribution is -2.45. The number of aryl methyl sites for hydroxylation is 1. The lowest BCUT2D eigenvalue weighted by molar-refractivity contribution is -0.120. The molecule has 8 nitrogen and oxygen atoms in total. The van der Waals surface area contributed by atoms with Crippen molar-refractivity contribution in [3.05, 3.63) is 77.9 Å². The lowest BCUT2D eigenvalue weighted by Gasteiger charge is -2.38. The van der Waals surface area contributed by atoms with E-state index in [1.54, 1.807) is 36.4 Å². The van der Waals surface area contributed by atoms with Crippen molar-refractivity contribution in [2.24, 2.45) is 0 Å². The molecule has 0 fully saturated rings. The first-order valence-corrected chi connectivity index (χ1v) is 13.4. The van der Waals surface area contributed by atoms with E-state index in [4.69, 9.17) is 14.2 Å². The standard InChI is InChI=1S/C28H32N2O6S/c1-19-11-13-22-23(17-28(2,3)36-25(22)15-19)29-27(31)18-30(37(32,33)21-9-7-6-8-10-21)20-12-14-24(34-4)26(16-20)35-5/h6-16,23H,17-18H2,1-5H3,(H,29,31). The fourth-order valence-electron chi connectivity index (χ4n) is 4.47. The number of rotatable bonds is 8. The third kappa shape index (κ3) is 5.67. The van der Waals surface area contributed by atoms with Gasteiger partial charge in [0.05, 0.1) is 30.8 Å². The number of fused-ring (bicyclic) bond motifs is 1. The van der Waals surface area contributed by atoms with Crippen LogP contribution in [0.3, 0.4) is 0 Å². The van der Waals surface area contributed by atoms with Crippen LogP contribution in [0.1, 0.15) is 37.4 Å². The highest BCUT2D eigenvalue weighted by Crippen LogP contribution is 2.40. The summed E-state index contributed by atoms with van der Waals surface area (Å²) in [4.78, 5) is 13.5. The lowest BCUT2D eigenvalue weighted by atomic mass is 9.89. The second-order valence-electron chi connectivity index (χ2n) is 9.59. The number of ether oxygens (including phenoxy) is 3. The Morgan fingerprint density at radius 1 is 1.03 bits per heavy atom. The average molecular weight is 525 g/mol. The first kappa shape index (κ1) is 26.3. The maximum absolute atomic E-state index is 13.7. The molecule has 3 aromatic rings. The molecule has 9 heteroatoms. The summed E-state index contributed by atoms with van der Waals surface area (Å²) in [6.07, 6.45) is 0.538. The fourth-order valence-corrected chi connectivity index (χ4v) is 5.91. The van der Waals surface area contributed by atoms with Crippen LogP contribution in [0.2, 0.25) is 0 Å². The van der Waals surface area contributed by atoms with Gasteiger partial charge in [0.1, 0.15) is 17.9 Å². The number of carbonyl (C=O) groups excluding carboxylic acids is 1. The van der Waals surface area contributed by atoms with Gasteiger partial charge in [0, 0.05) is 18.1 Å². The van der Waals surface area contributed by atoms with Crippen LogP contribution < -0.4 is 23.8 Å². The van der Waals surface area contributed by atoms with Gasteiger partial charge in [0.15, 0.2) is 11.5 Å². The molecule has 1 amide bonds. The zero-order valence-corrected chi connectivity index (χ0v) is 22.5. The van der Waals surface area contributed by atoms with Crippen LogP contribution in [0.25, 0.3) is 0 Å². The number of anilines is 1. The van der Waals surface area contributed by atoms with Crippen LogP contribution in [0.5, 0.6) is 17.2 Å². The number of nitrogens with one attached hydrogen (secondary N) is 1. The number of benzene rings is 3. The minimum atomic E-state index is -4.07. The molecular formula is C28H32N2O6S. The Balaban J connectivity index is 1.68. The molecule has 196 valence electrons. The third-order valence-electron chi connectivity index (χ3n) is 6.24. The van der Waals surface area contributed by atoms with Crippen molar-refractivity contribution < 1.29 is 27.4 Å². The summed E-state index contributed by atoms with van der Waals surface area (Å²) in [6.45, 7) is 5.49. The van der Waals surface area contributed by atoms with Gasteiger partial charge in [0.25, 0.3) is 10.0 Å². The molecule has 37 heavy (non-hydrogen) atoms. The predicted molar refractivity (Wildman–Crippen MR) is 142 cm³/mol. The van der Waals surface area contributed by atoms with E-state index in [1.165, 1.54) is 26.4 Å². The molecule has 4 rings (SSSR count). The Kier molecular flexibility index (Phi) is 7.36. The smallest absolute Gasteiger partial charge is 0.264 e. The molecule has 1 aliphatic rings. The van der Waals surface area contributed by atoms with Gasteiger partial charge in [0.2, 0.25) is 5.91 Å². The van der Waals surface area contributed by atoms with E-state index >= 15 is 0 Å². The van der Waals surface area contributed by atoms with E-state index in [0.29, 0.717) is 17.9 Å². The summed E-state index contributed by atoms with van der Waals surface area (Å²) in [5, 5.41) is 3.04. The van der Waals surface area contributed by atoms with Gasteiger partial charge >= 0.3 is 0 Å². The van der Waals surface area contributed by atoms with Gasteiger partial charge in [-0.3, -0.25) is 9.10 Å². The average Bonchev–Trinajstić information content (AvgIpc) is 2.86. The van der Waals surface area contributed by atoms with Crippen LogP contribution in [0, 0.1) is 6.92 Å². The molecule has 0 bridgehead atoms. The summed E-state index contributed by atoms with van der Waals surface area (Å²) in [6, 6.07) is 18.3. The molecule has 3 aromatic carbocycles. The Labute approximate surface area is 218 Å². The molecule has 1 N–H and O–H groups in total. The van der Waals surface area contributed by atoms with Crippen LogP contribution >= 0.6 is 0 Å². The zero-order chi connectivity index (χ0) is 26.8. The van der Waals surface area contributed by atoms with Gasteiger partial charge < -0.3 is 19.5 Å². The highest BCUT2D eigenvalue weighted by atomic mass is 32.2. The number of carbonyl (C=O) groups is 1. The number of sulfonamides is 1. The van der Waals surface area contributed by atoms with Crippen molar-refractivity contribution in [2.75, 3.05) is 25.1 Å². The maximum Gasteiger partial charge on any atom is 0.264 e. The number of hydrogen-bond donors (Lipinski definition) is 1. The summed E-state index contributed by atoms with van der Waals surface area (Å²) >= 11 is 0. The molecule has 0 saturated heterocycles. The second-order valence-corrected chi connectivity index (χ2v) is 11.5. The molecule has 1 unspecified atom stereocenters. The zero-order valence-electron chi connectivity index (χ0n) is 21.6. The summed E-state index contributed by atoms with van der Waals surface area (Å²) < 4.78 is 45.3. The quantitative estimate of drug-likeness (QED) is 0.462. The van der Waals surface area contributed by atoms with E-state index in [2.05, 4.69) is 5.32 Å². The molecule has 0 aromatic heterocycles. The number of hydrogen-bond acceptors (Lipinski definition) is 6. The molecule has 0 spiro atoms. The largest absolute Gasteiger partial charge is 0.493 e. The van der Waals surface area contributed by atoms with Gasteiger partial charge in [-0.15, -0.1) is 0 Å². The first-order chi connectivity index (χ1) is 17.5. The number of nitrogens with zero attached hydrogens (tertiary/aromatic N) is 1. The molecule has 0 saturated carbocycles. The van der Waals surface area contributed by atoms with Crippen molar-refractivity contribution in [3.8, 4) is 17.2 Å². The summed E-state index contributed by atoms with van der Waals surface area (Å²) in [5.41, 5.74) is 1.69. The third-order valence-corrected chi connectivity index (χ3v) is 8.02. The Hall–Kier alpha value is -3.72. The van der Waals surface area contributed by atoms with Crippen LogP contribution in [0.15, 0.2) is 71.6 Å². The Morgan fingerprint density at radius 2 is 1.73 bits per heavy atom. The molecule has 0 aliphatic carbocycles. The highest BCUT2D eigenvalue weighted by molar-refractivity contribution is 7.92. The molecule has 1 heterocycles. The topological polar surface area (TPSA) is 94.2 Å². The van der Waals surface area contributed by atoms with Crippen LogP contribution in [-0.2, 0) is 14.8 Å². The minimum absolute atomic E-state index is 0.0746. The number of amides is 1. The molecule has 1 atom stereocenters. The van der Waals surface area contributed by atoms with E-state index in [9.17, 15) is 13.2 Å². The SMILES string of the molecule is COc1ccc(N(CC(=O)NC2CC(C)(C)Oc3cc(C)ccc32)S(=O)(=O)c2ccccc2)cc1OC. The summed E-state index contributed by atoms with van der Waals surface area (Å²) in [7, 11) is -1.11. The number of methoxy groups -OCH3 is 2. The van der Waals surface area contributed by atoms with Crippen molar-refractivity contribution >= 4 is 21.6 Å². The highest BCUT2D eigenvalue weighted by Gasteiger charge is 2.36. The Bertz CT molecular complexity index is 1390. The van der Waals surface area contributed by atoms with Crippen molar-refractivity contribution in [1.82, 2.24) is 5.32 Å². The van der Waals surface area contributed by atoms with E-state index < -0.39 is 28.1 Å². The van der Waals surface area contributed by atoms with E-state index in [0.717, 1.165) is 21.2 Å². The van der Waals surface area contributed by atoms with Crippen LogP contribution in [-0.4, -0.2) is 40.7 Å². The van der Waals surface area contributed by atoms with Crippen molar-refractivity contribution in [2.45, 2.75) is 43.7 Å². The van der Waals surface area contributed by atoms with Crippen LogP contribution in [0.4, 0.5) is 5.69 Å². The Morgan fingerprint density at radius 3 is 2.41 bits per heavy atom. The van der Waals surface area contributed by atoms with E-state index in [-0.39, 0.29) is 16.6 Å². The van der Waals surface area contributed by atoms with Gasteiger partial charge in [-0.05, 0) is 56.7 Å². The van der Waals surface area contributed by atoms with Gasteiger partial charge in [-0.25, -0.2) is 8.42 Å². The maximum atomic E-state index is 13.7. The predicted octanol–water partition coefficient (Wildman–Crippen LogP) is 4.63. The normalized spacial score (nSPS) is 16.2. The monoisotopic (exact) mass is 524 g/mol. The first-order valence-electron chi connectivity index (χ1n) is 11.9. The molecule has 1 aliphatic heterocycles. The fraction of sp³-hybridized carbons (Fsp3) is 0.321. The van der Waals surface area contributed by atoms with E-state index in [1.807, 2.05) is 39.0 Å². The molecular weight excluding hydrogens is 492 g/mol. The van der Waals surface area contributed by atoms with Gasteiger partial charge in [-0.2, -0.15) is 0 Å². The van der Waals surface area contributed by atoms with Crippen molar-refractivity contribution in [1.29, 1.82) is 0 Å². The second kappa shape index (κ2) is 10.3.